The predicted molar refractivity (Wildman–Crippen MR) is 88.1 cm³/mol. The number of carbonyl (C=O) groups excluding carboxylic acids is 1. The highest BCUT2D eigenvalue weighted by molar-refractivity contribution is 5.79. The van der Waals surface area contributed by atoms with Crippen LogP contribution in [-0.4, -0.2) is 11.9 Å². The van der Waals surface area contributed by atoms with Gasteiger partial charge in [-0.25, -0.2) is 0 Å². The van der Waals surface area contributed by atoms with Crippen LogP contribution in [0.4, 0.5) is 0 Å². The summed E-state index contributed by atoms with van der Waals surface area (Å²) in [6.07, 6.45) is 2.56. The molecule has 21 heavy (non-hydrogen) atoms. The number of nitrogens with one attached hydrogen (secondary N) is 1. The molecule has 0 bridgehead atoms. The highest BCUT2D eigenvalue weighted by Crippen LogP contribution is 2.19. The van der Waals surface area contributed by atoms with Gasteiger partial charge in [-0.1, -0.05) is 67.9 Å². The first-order valence-corrected chi connectivity index (χ1v) is 7.62. The van der Waals surface area contributed by atoms with E-state index in [2.05, 4.69) is 43.4 Å². The van der Waals surface area contributed by atoms with Gasteiger partial charge in [0.25, 0.3) is 0 Å². The molecular formula is C19H23NO. The van der Waals surface area contributed by atoms with Crippen molar-refractivity contribution in [2.75, 3.05) is 0 Å². The largest absolute Gasteiger partial charge is 0.353 e. The van der Waals surface area contributed by atoms with Gasteiger partial charge in [0.15, 0.2) is 0 Å². The van der Waals surface area contributed by atoms with Crippen LogP contribution in [-0.2, 0) is 11.2 Å². The molecule has 2 nitrogen and oxygen atoms in total. The van der Waals surface area contributed by atoms with Crippen LogP contribution in [0, 0.1) is 0 Å². The van der Waals surface area contributed by atoms with Crippen molar-refractivity contribution in [1.82, 2.24) is 5.32 Å². The zero-order valence-electron chi connectivity index (χ0n) is 12.8. The van der Waals surface area contributed by atoms with E-state index in [1.165, 1.54) is 11.1 Å². The van der Waals surface area contributed by atoms with Crippen molar-refractivity contribution in [3.05, 3.63) is 60.2 Å². The van der Waals surface area contributed by atoms with Crippen molar-refractivity contribution in [3.8, 4) is 11.1 Å². The van der Waals surface area contributed by atoms with E-state index in [9.17, 15) is 4.79 Å². The van der Waals surface area contributed by atoms with Crippen molar-refractivity contribution in [2.24, 2.45) is 0 Å². The Morgan fingerprint density at radius 3 is 2.24 bits per heavy atom. The van der Waals surface area contributed by atoms with E-state index in [0.29, 0.717) is 6.42 Å². The van der Waals surface area contributed by atoms with Crippen LogP contribution in [0.5, 0.6) is 0 Å². The third-order valence-corrected chi connectivity index (χ3v) is 3.55. The molecule has 0 radical (unpaired) electrons. The molecule has 0 fully saturated rings. The van der Waals surface area contributed by atoms with Gasteiger partial charge >= 0.3 is 0 Å². The molecule has 0 saturated heterocycles. The van der Waals surface area contributed by atoms with Crippen molar-refractivity contribution in [1.29, 1.82) is 0 Å². The minimum absolute atomic E-state index is 0.100. The summed E-state index contributed by atoms with van der Waals surface area (Å²) in [7, 11) is 0. The molecule has 0 aliphatic rings. The maximum atomic E-state index is 11.9. The fourth-order valence-electron chi connectivity index (χ4n) is 2.46. The number of hydrogen-bond donors (Lipinski definition) is 1. The van der Waals surface area contributed by atoms with Gasteiger partial charge in [-0.3, -0.25) is 4.79 Å². The first-order chi connectivity index (χ1) is 10.2. The van der Waals surface area contributed by atoms with Crippen molar-refractivity contribution in [3.63, 3.8) is 0 Å². The fourth-order valence-corrected chi connectivity index (χ4v) is 2.46. The number of rotatable bonds is 6. The summed E-state index contributed by atoms with van der Waals surface area (Å²) in [5.74, 6) is 0.100. The molecule has 0 unspecified atom stereocenters. The second-order valence-corrected chi connectivity index (χ2v) is 5.50. The van der Waals surface area contributed by atoms with E-state index in [4.69, 9.17) is 0 Å². The molecule has 1 atom stereocenters. The molecule has 0 heterocycles. The number of carbonyl (C=O) groups is 1. The minimum Gasteiger partial charge on any atom is -0.353 e. The molecule has 0 spiro atoms. The van der Waals surface area contributed by atoms with Crippen molar-refractivity contribution in [2.45, 2.75) is 39.2 Å². The third kappa shape index (κ3) is 4.75. The van der Waals surface area contributed by atoms with Crippen molar-refractivity contribution >= 4 is 5.91 Å². The molecule has 1 N–H and O–H groups in total. The summed E-state index contributed by atoms with van der Waals surface area (Å²) in [4.78, 5) is 11.9. The Morgan fingerprint density at radius 1 is 1.00 bits per heavy atom. The lowest BCUT2D eigenvalue weighted by molar-refractivity contribution is -0.121. The molecule has 0 saturated carbocycles. The maximum Gasteiger partial charge on any atom is 0.224 e. The second kappa shape index (κ2) is 7.63. The maximum absolute atomic E-state index is 11.9. The Bertz CT molecular complexity index is 560. The summed E-state index contributed by atoms with van der Waals surface area (Å²) in [6.45, 7) is 4.19. The Balaban J connectivity index is 1.95. The first kappa shape index (κ1) is 15.3. The van der Waals surface area contributed by atoms with Gasteiger partial charge in [0, 0.05) is 6.04 Å². The molecule has 2 rings (SSSR count). The molecular weight excluding hydrogens is 258 g/mol. The van der Waals surface area contributed by atoms with Crippen LogP contribution < -0.4 is 5.32 Å². The lowest BCUT2D eigenvalue weighted by Crippen LogP contribution is -2.33. The van der Waals surface area contributed by atoms with Crippen molar-refractivity contribution < 1.29 is 4.79 Å². The molecule has 110 valence electrons. The Morgan fingerprint density at radius 2 is 1.62 bits per heavy atom. The summed E-state index contributed by atoms with van der Waals surface area (Å²) in [6, 6.07) is 18.7. The van der Waals surface area contributed by atoms with Gasteiger partial charge in [-0.2, -0.15) is 0 Å². The molecule has 1 amide bonds. The minimum atomic E-state index is 0.100. The summed E-state index contributed by atoms with van der Waals surface area (Å²) in [5, 5.41) is 3.04. The Kier molecular flexibility index (Phi) is 5.56. The van der Waals surface area contributed by atoms with Gasteiger partial charge in [0.2, 0.25) is 5.91 Å². The number of benzene rings is 2. The first-order valence-electron chi connectivity index (χ1n) is 7.62. The van der Waals surface area contributed by atoms with E-state index >= 15 is 0 Å². The zero-order valence-corrected chi connectivity index (χ0v) is 12.8. The van der Waals surface area contributed by atoms with E-state index in [1.807, 2.05) is 30.3 Å². The van der Waals surface area contributed by atoms with Crippen LogP contribution in [0.25, 0.3) is 11.1 Å². The number of hydrogen-bond acceptors (Lipinski definition) is 1. The third-order valence-electron chi connectivity index (χ3n) is 3.55. The van der Waals surface area contributed by atoms with E-state index in [1.54, 1.807) is 0 Å². The second-order valence-electron chi connectivity index (χ2n) is 5.50. The summed E-state index contributed by atoms with van der Waals surface area (Å²) >= 11 is 0. The SMILES string of the molecule is CCC[C@H](C)NC(=O)Cc1ccc(-c2ccccc2)cc1. The van der Waals surface area contributed by atoms with Crippen LogP contribution in [0.2, 0.25) is 0 Å². The monoisotopic (exact) mass is 281 g/mol. The smallest absolute Gasteiger partial charge is 0.224 e. The van der Waals surface area contributed by atoms with Crippen LogP contribution in [0.3, 0.4) is 0 Å². The quantitative estimate of drug-likeness (QED) is 0.844. The Labute approximate surface area is 127 Å². The van der Waals surface area contributed by atoms with Gasteiger partial charge in [0.1, 0.15) is 0 Å². The average molecular weight is 281 g/mol. The van der Waals surface area contributed by atoms with Gasteiger partial charge < -0.3 is 5.32 Å². The molecule has 2 heteroatoms. The summed E-state index contributed by atoms with van der Waals surface area (Å²) in [5.41, 5.74) is 3.43. The van der Waals surface area contributed by atoms with E-state index < -0.39 is 0 Å². The highest BCUT2D eigenvalue weighted by Gasteiger charge is 2.07. The van der Waals surface area contributed by atoms with Crippen LogP contribution in [0.1, 0.15) is 32.3 Å². The van der Waals surface area contributed by atoms with Crippen LogP contribution in [0.15, 0.2) is 54.6 Å². The lowest BCUT2D eigenvalue weighted by atomic mass is 10.0. The zero-order chi connectivity index (χ0) is 15.1. The lowest BCUT2D eigenvalue weighted by Gasteiger charge is -2.12. The standard InChI is InChI=1S/C19H23NO/c1-3-7-15(2)20-19(21)14-16-10-12-18(13-11-16)17-8-5-4-6-9-17/h4-6,8-13,15H,3,7,14H2,1-2H3,(H,20,21)/t15-/m0/s1. The molecule has 2 aromatic rings. The van der Waals surface area contributed by atoms with E-state index in [0.717, 1.165) is 18.4 Å². The molecule has 0 aromatic heterocycles. The number of amides is 1. The topological polar surface area (TPSA) is 29.1 Å². The van der Waals surface area contributed by atoms with E-state index in [-0.39, 0.29) is 11.9 Å². The normalized spacial score (nSPS) is 11.9. The van der Waals surface area contributed by atoms with Gasteiger partial charge in [0.05, 0.1) is 6.42 Å². The summed E-state index contributed by atoms with van der Waals surface area (Å²) < 4.78 is 0. The predicted octanol–water partition coefficient (Wildman–Crippen LogP) is 4.20. The Hall–Kier alpha value is -2.09. The fraction of sp³-hybridized carbons (Fsp3) is 0.316. The van der Waals surface area contributed by atoms with Gasteiger partial charge in [-0.15, -0.1) is 0 Å². The highest BCUT2D eigenvalue weighted by atomic mass is 16.1. The van der Waals surface area contributed by atoms with Gasteiger partial charge in [-0.05, 0) is 30.0 Å². The molecule has 0 aliphatic heterocycles. The van der Waals surface area contributed by atoms with Crippen LogP contribution >= 0.6 is 0 Å². The molecule has 2 aromatic carbocycles. The molecule has 0 aliphatic carbocycles. The average Bonchev–Trinajstić information content (AvgIpc) is 2.49.